The van der Waals surface area contributed by atoms with E-state index in [1.165, 1.54) is 12.3 Å². The summed E-state index contributed by atoms with van der Waals surface area (Å²) in [4.78, 5) is 4.04. The van der Waals surface area contributed by atoms with Crippen LogP contribution in [0, 0.1) is 0 Å². The first-order valence-corrected chi connectivity index (χ1v) is 5.47. The molecule has 0 radical (unpaired) electrons. The molecule has 0 fully saturated rings. The van der Waals surface area contributed by atoms with Crippen molar-refractivity contribution in [3.63, 3.8) is 0 Å². The van der Waals surface area contributed by atoms with Crippen molar-refractivity contribution in [3.8, 4) is 5.69 Å². The number of nitrogens with one attached hydrogen (secondary N) is 1. The molecule has 0 bridgehead atoms. The van der Waals surface area contributed by atoms with Gasteiger partial charge in [-0.25, -0.2) is 4.98 Å². The Labute approximate surface area is 102 Å². The molecule has 1 aromatic heterocycles. The number of hydrogen-bond acceptors (Lipinski definition) is 2. The van der Waals surface area contributed by atoms with Gasteiger partial charge in [0.15, 0.2) is 0 Å². The van der Waals surface area contributed by atoms with Gasteiger partial charge in [0.1, 0.15) is 0 Å². The van der Waals surface area contributed by atoms with E-state index in [2.05, 4.69) is 10.3 Å². The van der Waals surface area contributed by atoms with Crippen LogP contribution < -0.4 is 5.32 Å². The molecule has 0 unspecified atom stereocenters. The number of imidazole rings is 1. The van der Waals surface area contributed by atoms with Crippen LogP contribution in [-0.2, 0) is 6.18 Å². The standard InChI is InChI=1S/C12H12F3N3/c1-2-16-11-17-6-7-18(11)10-5-3-4-9(8-10)12(13,14)15/h3-8H,2H2,1H3,(H,16,17). The van der Waals surface area contributed by atoms with Crippen molar-refractivity contribution in [1.82, 2.24) is 9.55 Å². The third kappa shape index (κ3) is 2.47. The lowest BCUT2D eigenvalue weighted by Crippen LogP contribution is -2.08. The highest BCUT2D eigenvalue weighted by Gasteiger charge is 2.30. The summed E-state index contributed by atoms with van der Waals surface area (Å²) in [6, 6.07) is 5.14. The molecule has 18 heavy (non-hydrogen) atoms. The molecule has 6 heteroatoms. The number of aromatic nitrogens is 2. The molecular formula is C12H12F3N3. The molecule has 2 aromatic rings. The summed E-state index contributed by atoms with van der Waals surface area (Å²) in [5.41, 5.74) is -0.241. The van der Waals surface area contributed by atoms with E-state index in [0.717, 1.165) is 12.1 Å². The first kappa shape index (κ1) is 12.5. The molecule has 1 heterocycles. The van der Waals surface area contributed by atoms with E-state index in [1.54, 1.807) is 16.8 Å². The molecule has 0 aliphatic carbocycles. The van der Waals surface area contributed by atoms with Crippen LogP contribution in [0.25, 0.3) is 5.69 Å². The van der Waals surface area contributed by atoms with Gasteiger partial charge in [0.25, 0.3) is 0 Å². The molecule has 0 spiro atoms. The quantitative estimate of drug-likeness (QED) is 0.911. The number of alkyl halides is 3. The van der Waals surface area contributed by atoms with Crippen LogP contribution in [0.2, 0.25) is 0 Å². The SMILES string of the molecule is CCNc1nccn1-c1cccc(C(F)(F)F)c1. The molecule has 1 N–H and O–H groups in total. The Hall–Kier alpha value is -1.98. The molecule has 0 saturated heterocycles. The highest BCUT2D eigenvalue weighted by atomic mass is 19.4. The van der Waals surface area contributed by atoms with Crippen LogP contribution >= 0.6 is 0 Å². The van der Waals surface area contributed by atoms with Crippen LogP contribution in [0.15, 0.2) is 36.7 Å². The second kappa shape index (κ2) is 4.72. The maximum Gasteiger partial charge on any atom is 0.416 e. The van der Waals surface area contributed by atoms with Crippen molar-refractivity contribution in [1.29, 1.82) is 0 Å². The number of halogens is 3. The molecule has 0 amide bonds. The van der Waals surface area contributed by atoms with Crippen LogP contribution in [0.5, 0.6) is 0 Å². The van der Waals surface area contributed by atoms with Crippen LogP contribution in [0.3, 0.4) is 0 Å². The summed E-state index contributed by atoms with van der Waals surface area (Å²) < 4.78 is 39.4. The lowest BCUT2D eigenvalue weighted by Gasteiger charge is -2.11. The second-order valence-electron chi connectivity index (χ2n) is 3.70. The fraction of sp³-hybridized carbons (Fsp3) is 0.250. The number of anilines is 1. The minimum atomic E-state index is -4.34. The van der Waals surface area contributed by atoms with Crippen molar-refractivity contribution in [2.45, 2.75) is 13.1 Å². The minimum Gasteiger partial charge on any atom is -0.356 e. The molecule has 0 aliphatic rings. The molecule has 3 nitrogen and oxygen atoms in total. The van der Waals surface area contributed by atoms with Crippen LogP contribution in [-0.4, -0.2) is 16.1 Å². The zero-order valence-corrected chi connectivity index (χ0v) is 9.70. The van der Waals surface area contributed by atoms with Gasteiger partial charge in [0.2, 0.25) is 5.95 Å². The van der Waals surface area contributed by atoms with E-state index in [0.29, 0.717) is 18.2 Å². The predicted molar refractivity (Wildman–Crippen MR) is 62.7 cm³/mol. The lowest BCUT2D eigenvalue weighted by atomic mass is 10.2. The van der Waals surface area contributed by atoms with Crippen molar-refractivity contribution in [3.05, 3.63) is 42.2 Å². The van der Waals surface area contributed by atoms with E-state index in [4.69, 9.17) is 0 Å². The van der Waals surface area contributed by atoms with Crippen LogP contribution in [0.4, 0.5) is 19.1 Å². The first-order valence-electron chi connectivity index (χ1n) is 5.47. The monoisotopic (exact) mass is 255 g/mol. The highest BCUT2D eigenvalue weighted by molar-refractivity contribution is 5.44. The molecular weight excluding hydrogens is 243 g/mol. The van der Waals surface area contributed by atoms with Gasteiger partial charge in [-0.05, 0) is 25.1 Å². The summed E-state index contributed by atoms with van der Waals surface area (Å²) in [5, 5.41) is 2.98. The number of rotatable bonds is 3. The summed E-state index contributed by atoms with van der Waals surface area (Å²) in [5.74, 6) is 0.525. The molecule has 1 aromatic carbocycles. The predicted octanol–water partition coefficient (Wildman–Crippen LogP) is 3.32. The van der Waals surface area contributed by atoms with Gasteiger partial charge in [0, 0.05) is 24.6 Å². The zero-order chi connectivity index (χ0) is 13.2. The van der Waals surface area contributed by atoms with E-state index in [9.17, 15) is 13.2 Å². The number of nitrogens with zero attached hydrogens (tertiary/aromatic N) is 2. The van der Waals surface area contributed by atoms with Gasteiger partial charge in [0.05, 0.1) is 5.56 Å². The highest BCUT2D eigenvalue weighted by Crippen LogP contribution is 2.30. The molecule has 2 rings (SSSR count). The fourth-order valence-corrected chi connectivity index (χ4v) is 1.63. The number of hydrogen-bond donors (Lipinski definition) is 1. The van der Waals surface area contributed by atoms with Crippen molar-refractivity contribution < 1.29 is 13.2 Å². The Kier molecular flexibility index (Phi) is 3.27. The van der Waals surface area contributed by atoms with E-state index in [-0.39, 0.29) is 0 Å². The maximum atomic E-state index is 12.6. The fourth-order valence-electron chi connectivity index (χ4n) is 1.63. The molecule has 0 saturated carbocycles. The Morgan fingerprint density at radius 2 is 2.11 bits per heavy atom. The Morgan fingerprint density at radius 3 is 2.78 bits per heavy atom. The molecule has 0 aliphatic heterocycles. The van der Waals surface area contributed by atoms with Crippen molar-refractivity contribution >= 4 is 5.95 Å². The second-order valence-corrected chi connectivity index (χ2v) is 3.70. The Morgan fingerprint density at radius 1 is 1.33 bits per heavy atom. The number of benzene rings is 1. The Balaban J connectivity index is 2.42. The van der Waals surface area contributed by atoms with Gasteiger partial charge < -0.3 is 5.32 Å². The average molecular weight is 255 g/mol. The third-order valence-electron chi connectivity index (χ3n) is 2.43. The summed E-state index contributed by atoms with van der Waals surface area (Å²) in [7, 11) is 0. The smallest absolute Gasteiger partial charge is 0.356 e. The summed E-state index contributed by atoms with van der Waals surface area (Å²) >= 11 is 0. The van der Waals surface area contributed by atoms with E-state index < -0.39 is 11.7 Å². The summed E-state index contributed by atoms with van der Waals surface area (Å²) in [6.07, 6.45) is -1.18. The topological polar surface area (TPSA) is 29.9 Å². The largest absolute Gasteiger partial charge is 0.416 e. The minimum absolute atomic E-state index is 0.429. The zero-order valence-electron chi connectivity index (χ0n) is 9.70. The molecule has 0 atom stereocenters. The van der Waals surface area contributed by atoms with Crippen molar-refractivity contribution in [2.24, 2.45) is 0 Å². The van der Waals surface area contributed by atoms with Gasteiger partial charge in [-0.15, -0.1) is 0 Å². The van der Waals surface area contributed by atoms with Crippen LogP contribution in [0.1, 0.15) is 12.5 Å². The first-order chi connectivity index (χ1) is 8.52. The summed E-state index contributed by atoms with van der Waals surface area (Å²) in [6.45, 7) is 2.54. The Bertz CT molecular complexity index is 531. The van der Waals surface area contributed by atoms with Gasteiger partial charge in [-0.3, -0.25) is 4.57 Å². The van der Waals surface area contributed by atoms with Gasteiger partial charge >= 0.3 is 6.18 Å². The average Bonchev–Trinajstić information content (AvgIpc) is 2.77. The van der Waals surface area contributed by atoms with Gasteiger partial charge in [-0.2, -0.15) is 13.2 Å². The molecule has 96 valence electrons. The van der Waals surface area contributed by atoms with Crippen molar-refractivity contribution in [2.75, 3.05) is 11.9 Å². The maximum absolute atomic E-state index is 12.6. The normalized spacial score (nSPS) is 11.6. The lowest BCUT2D eigenvalue weighted by molar-refractivity contribution is -0.137. The van der Waals surface area contributed by atoms with E-state index in [1.807, 2.05) is 6.92 Å². The van der Waals surface area contributed by atoms with Gasteiger partial charge in [-0.1, -0.05) is 6.07 Å². The van der Waals surface area contributed by atoms with E-state index >= 15 is 0 Å². The third-order valence-corrected chi connectivity index (χ3v) is 2.43.